The molecule has 3 rings (SSSR count). The minimum Gasteiger partial charge on any atom is -0.367 e. The van der Waals surface area contributed by atoms with Gasteiger partial charge in [-0.1, -0.05) is 28.9 Å². The Morgan fingerprint density at radius 2 is 2.29 bits per heavy atom. The highest BCUT2D eigenvalue weighted by Gasteiger charge is 2.25. The Morgan fingerprint density at radius 3 is 3.12 bits per heavy atom. The first-order chi connectivity index (χ1) is 8.24. The van der Waals surface area contributed by atoms with E-state index in [0.717, 1.165) is 35.5 Å². The second-order valence-electron chi connectivity index (χ2n) is 4.47. The Labute approximate surface area is 105 Å². The van der Waals surface area contributed by atoms with Gasteiger partial charge in [-0.15, -0.1) is 0 Å². The van der Waals surface area contributed by atoms with Crippen LogP contribution in [0.2, 0.25) is 5.02 Å². The monoisotopic (exact) mass is 248 g/mol. The number of hydrogen-bond acceptors (Lipinski definition) is 3. The Bertz CT molecular complexity index is 550. The van der Waals surface area contributed by atoms with Gasteiger partial charge in [0, 0.05) is 10.6 Å². The average molecular weight is 249 g/mol. The van der Waals surface area contributed by atoms with Crippen LogP contribution in [0, 0.1) is 0 Å². The summed E-state index contributed by atoms with van der Waals surface area (Å²) in [5.41, 5.74) is 9.13. The standard InChI is InChI=1S/C13H13ClN2O/c14-10-3-1-2-8(6-10)9-4-5-12-11(7-9)13(15)17-16-12/h1-3,6,9H,4-5,7,15H2. The molecule has 0 fully saturated rings. The molecule has 1 aliphatic carbocycles. The summed E-state index contributed by atoms with van der Waals surface area (Å²) >= 11 is 6.02. The smallest absolute Gasteiger partial charge is 0.225 e. The highest BCUT2D eigenvalue weighted by atomic mass is 35.5. The zero-order valence-corrected chi connectivity index (χ0v) is 10.1. The zero-order valence-electron chi connectivity index (χ0n) is 9.32. The molecule has 0 saturated carbocycles. The lowest BCUT2D eigenvalue weighted by Crippen LogP contribution is -2.12. The Balaban J connectivity index is 1.91. The van der Waals surface area contributed by atoms with Crippen LogP contribution in [0.25, 0.3) is 0 Å². The van der Waals surface area contributed by atoms with Gasteiger partial charge in [0.25, 0.3) is 0 Å². The van der Waals surface area contributed by atoms with Crippen LogP contribution in [0.1, 0.15) is 29.2 Å². The largest absolute Gasteiger partial charge is 0.367 e. The van der Waals surface area contributed by atoms with Gasteiger partial charge in [-0.3, -0.25) is 0 Å². The van der Waals surface area contributed by atoms with Gasteiger partial charge in [-0.25, -0.2) is 0 Å². The minimum atomic E-state index is 0.461. The average Bonchev–Trinajstić information content (AvgIpc) is 2.71. The minimum absolute atomic E-state index is 0.461. The lowest BCUT2D eigenvalue weighted by Gasteiger charge is -2.21. The van der Waals surface area contributed by atoms with Gasteiger partial charge >= 0.3 is 0 Å². The molecule has 1 unspecified atom stereocenters. The zero-order chi connectivity index (χ0) is 11.8. The topological polar surface area (TPSA) is 52.0 Å². The fourth-order valence-electron chi connectivity index (χ4n) is 2.48. The van der Waals surface area contributed by atoms with Crippen molar-refractivity contribution in [3.8, 4) is 0 Å². The molecule has 17 heavy (non-hydrogen) atoms. The second-order valence-corrected chi connectivity index (χ2v) is 4.90. The van der Waals surface area contributed by atoms with Crippen molar-refractivity contribution in [1.29, 1.82) is 0 Å². The van der Waals surface area contributed by atoms with E-state index in [2.05, 4.69) is 11.2 Å². The molecular formula is C13H13ClN2O. The fourth-order valence-corrected chi connectivity index (χ4v) is 2.67. The van der Waals surface area contributed by atoms with Crippen molar-refractivity contribution in [3.63, 3.8) is 0 Å². The van der Waals surface area contributed by atoms with Crippen LogP contribution in [0.15, 0.2) is 28.8 Å². The molecule has 4 heteroatoms. The molecule has 0 saturated heterocycles. The number of nitrogens with two attached hydrogens (primary N) is 1. The summed E-state index contributed by atoms with van der Waals surface area (Å²) in [5.74, 6) is 0.926. The van der Waals surface area contributed by atoms with Gasteiger partial charge in [0.2, 0.25) is 5.88 Å². The van der Waals surface area contributed by atoms with Gasteiger partial charge in [0.05, 0.1) is 5.69 Å². The third-order valence-corrected chi connectivity index (χ3v) is 3.64. The van der Waals surface area contributed by atoms with Gasteiger partial charge in [0.15, 0.2) is 0 Å². The maximum atomic E-state index is 6.02. The normalized spacial score (nSPS) is 19.0. The van der Waals surface area contributed by atoms with Crippen LogP contribution in [0.5, 0.6) is 0 Å². The second kappa shape index (κ2) is 4.08. The molecule has 0 radical (unpaired) electrons. The SMILES string of the molecule is Nc1onc2c1CC(c1cccc(Cl)c1)CC2. The predicted octanol–water partition coefficient (Wildman–Crippen LogP) is 3.18. The van der Waals surface area contributed by atoms with Crippen molar-refractivity contribution in [2.75, 3.05) is 5.73 Å². The number of hydrogen-bond donors (Lipinski definition) is 1. The molecule has 2 aromatic rings. The van der Waals surface area contributed by atoms with Crippen molar-refractivity contribution in [2.45, 2.75) is 25.2 Å². The maximum absolute atomic E-state index is 6.02. The number of rotatable bonds is 1. The summed E-state index contributed by atoms with van der Waals surface area (Å²) in [4.78, 5) is 0. The van der Waals surface area contributed by atoms with Crippen LogP contribution in [0.3, 0.4) is 0 Å². The predicted molar refractivity (Wildman–Crippen MR) is 67.1 cm³/mol. The number of nitrogen functional groups attached to an aromatic ring is 1. The van der Waals surface area contributed by atoms with Crippen LogP contribution in [-0.4, -0.2) is 5.16 Å². The molecule has 2 N–H and O–H groups in total. The van der Waals surface area contributed by atoms with Gasteiger partial charge in [-0.05, 0) is 42.9 Å². The van der Waals surface area contributed by atoms with E-state index in [-0.39, 0.29) is 0 Å². The molecular weight excluding hydrogens is 236 g/mol. The molecule has 3 nitrogen and oxygen atoms in total. The number of nitrogens with zero attached hydrogens (tertiary/aromatic N) is 1. The summed E-state index contributed by atoms with van der Waals surface area (Å²) in [7, 11) is 0. The molecule has 1 aromatic heterocycles. The van der Waals surface area contributed by atoms with E-state index in [4.69, 9.17) is 21.9 Å². The van der Waals surface area contributed by atoms with Gasteiger partial charge in [0.1, 0.15) is 0 Å². The summed E-state index contributed by atoms with van der Waals surface area (Å²) in [6.07, 6.45) is 2.89. The Morgan fingerprint density at radius 1 is 1.41 bits per heavy atom. The van der Waals surface area contributed by atoms with E-state index in [9.17, 15) is 0 Å². The quantitative estimate of drug-likeness (QED) is 0.843. The summed E-state index contributed by atoms with van der Waals surface area (Å²) in [5, 5.41) is 4.76. The molecule has 88 valence electrons. The molecule has 1 aliphatic rings. The lowest BCUT2D eigenvalue weighted by atomic mass is 9.83. The molecule has 0 amide bonds. The van der Waals surface area contributed by atoms with E-state index in [1.165, 1.54) is 5.56 Å². The third kappa shape index (κ3) is 1.91. The first-order valence-corrected chi connectivity index (χ1v) is 6.10. The van der Waals surface area contributed by atoms with E-state index in [1.54, 1.807) is 0 Å². The van der Waals surface area contributed by atoms with Crippen molar-refractivity contribution in [3.05, 3.63) is 46.1 Å². The van der Waals surface area contributed by atoms with Crippen LogP contribution in [0.4, 0.5) is 5.88 Å². The highest BCUT2D eigenvalue weighted by Crippen LogP contribution is 2.35. The number of anilines is 1. The molecule has 0 spiro atoms. The number of benzene rings is 1. The maximum Gasteiger partial charge on any atom is 0.225 e. The molecule has 0 bridgehead atoms. The van der Waals surface area contributed by atoms with E-state index >= 15 is 0 Å². The number of aromatic nitrogens is 1. The van der Waals surface area contributed by atoms with Crippen LogP contribution >= 0.6 is 11.6 Å². The number of aryl methyl sites for hydroxylation is 1. The molecule has 1 heterocycles. The third-order valence-electron chi connectivity index (χ3n) is 3.40. The lowest BCUT2D eigenvalue weighted by molar-refractivity contribution is 0.426. The van der Waals surface area contributed by atoms with E-state index in [0.29, 0.717) is 11.8 Å². The molecule has 1 aromatic carbocycles. The highest BCUT2D eigenvalue weighted by molar-refractivity contribution is 6.30. The molecule has 1 atom stereocenters. The van der Waals surface area contributed by atoms with Gasteiger partial charge in [-0.2, -0.15) is 0 Å². The van der Waals surface area contributed by atoms with E-state index in [1.807, 2.05) is 18.2 Å². The van der Waals surface area contributed by atoms with Crippen molar-refractivity contribution >= 4 is 17.5 Å². The fraction of sp³-hybridized carbons (Fsp3) is 0.308. The van der Waals surface area contributed by atoms with Crippen molar-refractivity contribution < 1.29 is 4.52 Å². The van der Waals surface area contributed by atoms with Gasteiger partial charge < -0.3 is 10.3 Å². The van der Waals surface area contributed by atoms with Crippen molar-refractivity contribution in [2.24, 2.45) is 0 Å². The summed E-state index contributed by atoms with van der Waals surface area (Å²) in [6.45, 7) is 0. The summed E-state index contributed by atoms with van der Waals surface area (Å²) < 4.78 is 5.03. The first-order valence-electron chi connectivity index (χ1n) is 5.72. The van der Waals surface area contributed by atoms with E-state index < -0.39 is 0 Å². The Hall–Kier alpha value is -1.48. The summed E-state index contributed by atoms with van der Waals surface area (Å²) in [6, 6.07) is 8.03. The number of halogens is 1. The van der Waals surface area contributed by atoms with Crippen molar-refractivity contribution in [1.82, 2.24) is 5.16 Å². The van der Waals surface area contributed by atoms with Crippen LogP contribution in [-0.2, 0) is 12.8 Å². The Kier molecular flexibility index (Phi) is 2.56. The first kappa shape index (κ1) is 10.7. The van der Waals surface area contributed by atoms with Crippen LogP contribution < -0.4 is 5.73 Å². The number of fused-ring (bicyclic) bond motifs is 1. The molecule has 0 aliphatic heterocycles.